The second-order valence-corrected chi connectivity index (χ2v) is 4.67. The van der Waals surface area contributed by atoms with Crippen molar-refractivity contribution in [1.29, 1.82) is 0 Å². The zero-order valence-electron chi connectivity index (χ0n) is 12.3. The van der Waals surface area contributed by atoms with Gasteiger partial charge in [-0.2, -0.15) is 0 Å². The number of ether oxygens (including phenoxy) is 1. The summed E-state index contributed by atoms with van der Waals surface area (Å²) in [6.45, 7) is 1.12. The van der Waals surface area contributed by atoms with Crippen LogP contribution < -0.4 is 15.4 Å². The first-order valence-corrected chi connectivity index (χ1v) is 6.80. The Morgan fingerprint density at radius 3 is 2.76 bits per heavy atom. The number of likely N-dealkylation sites (N-methyl/N-ethyl adjacent to an activating group) is 1. The Balaban J connectivity index is 1.87. The molecule has 2 rings (SSSR count). The highest BCUT2D eigenvalue weighted by atomic mass is 16.5. The van der Waals surface area contributed by atoms with Crippen molar-refractivity contribution in [2.75, 3.05) is 26.0 Å². The van der Waals surface area contributed by atoms with Gasteiger partial charge in [-0.15, -0.1) is 0 Å². The lowest BCUT2D eigenvalue weighted by Crippen LogP contribution is -2.17. The lowest BCUT2D eigenvalue weighted by Gasteiger charge is -2.06. The molecule has 0 unspecified atom stereocenters. The third-order valence-electron chi connectivity index (χ3n) is 3.02. The van der Waals surface area contributed by atoms with Crippen LogP contribution >= 0.6 is 0 Å². The van der Waals surface area contributed by atoms with Crippen LogP contribution in [0.15, 0.2) is 36.8 Å². The number of imidazole rings is 1. The molecular weight excluding hydrogens is 268 g/mol. The lowest BCUT2D eigenvalue weighted by molar-refractivity contribution is -0.116. The minimum absolute atomic E-state index is 0.0854. The number of aromatic nitrogens is 2. The van der Waals surface area contributed by atoms with E-state index in [1.807, 2.05) is 37.5 Å². The molecule has 0 aliphatic heterocycles. The standard InChI is InChI=1S/C15H20N4O2/c1-16-8-7-13-9-19(11-17-13)10-15(20)18-12-3-5-14(21-2)6-4-12/h3-6,9,11,16H,7-8,10H2,1-2H3,(H,18,20). The molecule has 112 valence electrons. The van der Waals surface area contributed by atoms with Gasteiger partial charge in [0.2, 0.25) is 5.91 Å². The number of amides is 1. The number of methoxy groups -OCH3 is 1. The van der Waals surface area contributed by atoms with E-state index < -0.39 is 0 Å². The fourth-order valence-electron chi connectivity index (χ4n) is 1.92. The van der Waals surface area contributed by atoms with Gasteiger partial charge in [-0.3, -0.25) is 4.79 Å². The molecule has 0 radical (unpaired) electrons. The Hall–Kier alpha value is -2.34. The first kappa shape index (κ1) is 15.1. The zero-order valence-corrected chi connectivity index (χ0v) is 12.3. The molecule has 2 N–H and O–H groups in total. The number of hydrogen-bond acceptors (Lipinski definition) is 4. The van der Waals surface area contributed by atoms with E-state index >= 15 is 0 Å². The van der Waals surface area contributed by atoms with Crippen LogP contribution in [0, 0.1) is 0 Å². The molecule has 1 aromatic heterocycles. The third kappa shape index (κ3) is 4.61. The van der Waals surface area contributed by atoms with Crippen molar-refractivity contribution < 1.29 is 9.53 Å². The van der Waals surface area contributed by atoms with Crippen LogP contribution in [0.25, 0.3) is 0 Å². The van der Waals surface area contributed by atoms with Gasteiger partial charge in [0, 0.05) is 24.8 Å². The lowest BCUT2D eigenvalue weighted by atomic mass is 10.3. The maximum atomic E-state index is 12.0. The third-order valence-corrected chi connectivity index (χ3v) is 3.02. The molecule has 0 saturated heterocycles. The van der Waals surface area contributed by atoms with Crippen LogP contribution in [0.5, 0.6) is 5.75 Å². The highest BCUT2D eigenvalue weighted by Gasteiger charge is 2.05. The van der Waals surface area contributed by atoms with Crippen molar-refractivity contribution in [2.45, 2.75) is 13.0 Å². The van der Waals surface area contributed by atoms with E-state index in [9.17, 15) is 4.79 Å². The molecule has 0 aliphatic carbocycles. The van der Waals surface area contributed by atoms with E-state index in [-0.39, 0.29) is 12.5 Å². The number of rotatable bonds is 7. The van der Waals surface area contributed by atoms with Gasteiger partial charge in [-0.05, 0) is 31.3 Å². The Morgan fingerprint density at radius 2 is 2.10 bits per heavy atom. The molecule has 6 nitrogen and oxygen atoms in total. The zero-order chi connectivity index (χ0) is 15.1. The number of carbonyl (C=O) groups excluding carboxylic acids is 1. The predicted octanol–water partition coefficient (Wildman–Crippen LogP) is 1.29. The molecule has 0 saturated carbocycles. The second-order valence-electron chi connectivity index (χ2n) is 4.67. The van der Waals surface area contributed by atoms with Crippen molar-refractivity contribution in [3.05, 3.63) is 42.5 Å². The van der Waals surface area contributed by atoms with E-state index in [1.54, 1.807) is 18.0 Å². The van der Waals surface area contributed by atoms with Crippen molar-refractivity contribution in [2.24, 2.45) is 0 Å². The smallest absolute Gasteiger partial charge is 0.244 e. The normalized spacial score (nSPS) is 10.4. The molecule has 0 atom stereocenters. The number of anilines is 1. The summed E-state index contributed by atoms with van der Waals surface area (Å²) in [6.07, 6.45) is 4.42. The Labute approximate surface area is 124 Å². The summed E-state index contributed by atoms with van der Waals surface area (Å²) in [6, 6.07) is 7.23. The molecule has 0 fully saturated rings. The summed E-state index contributed by atoms with van der Waals surface area (Å²) < 4.78 is 6.86. The summed E-state index contributed by atoms with van der Waals surface area (Å²) in [5.74, 6) is 0.675. The van der Waals surface area contributed by atoms with Crippen LogP contribution in [0.2, 0.25) is 0 Å². The molecule has 1 heterocycles. The van der Waals surface area contributed by atoms with Gasteiger partial charge in [0.1, 0.15) is 12.3 Å². The Kier molecular flexibility index (Phi) is 5.34. The van der Waals surface area contributed by atoms with Gasteiger partial charge in [-0.25, -0.2) is 4.98 Å². The first-order valence-electron chi connectivity index (χ1n) is 6.80. The van der Waals surface area contributed by atoms with Crippen molar-refractivity contribution in [1.82, 2.24) is 14.9 Å². The Bertz CT molecular complexity index is 578. The van der Waals surface area contributed by atoms with Crippen LogP contribution in [-0.4, -0.2) is 36.2 Å². The topological polar surface area (TPSA) is 68.2 Å². The minimum atomic E-state index is -0.0854. The summed E-state index contributed by atoms with van der Waals surface area (Å²) in [5, 5.41) is 5.91. The monoisotopic (exact) mass is 288 g/mol. The Morgan fingerprint density at radius 1 is 1.33 bits per heavy atom. The molecule has 0 aliphatic rings. The largest absolute Gasteiger partial charge is 0.497 e. The number of hydrogen-bond donors (Lipinski definition) is 2. The fraction of sp³-hybridized carbons (Fsp3) is 0.333. The second kappa shape index (κ2) is 7.44. The maximum Gasteiger partial charge on any atom is 0.244 e. The van der Waals surface area contributed by atoms with Crippen molar-refractivity contribution >= 4 is 11.6 Å². The summed E-state index contributed by atoms with van der Waals surface area (Å²) in [5.41, 5.74) is 1.72. The van der Waals surface area contributed by atoms with E-state index in [0.717, 1.165) is 30.1 Å². The van der Waals surface area contributed by atoms with E-state index in [0.29, 0.717) is 0 Å². The fourth-order valence-corrected chi connectivity index (χ4v) is 1.92. The van der Waals surface area contributed by atoms with Gasteiger partial charge in [0.05, 0.1) is 19.1 Å². The van der Waals surface area contributed by atoms with Crippen LogP contribution in [0.4, 0.5) is 5.69 Å². The van der Waals surface area contributed by atoms with Gasteiger partial charge in [-0.1, -0.05) is 0 Å². The van der Waals surface area contributed by atoms with Crippen LogP contribution in [0.3, 0.4) is 0 Å². The molecule has 6 heteroatoms. The number of nitrogens with zero attached hydrogens (tertiary/aromatic N) is 2. The number of benzene rings is 1. The molecule has 0 spiro atoms. The highest BCUT2D eigenvalue weighted by Crippen LogP contribution is 2.14. The van der Waals surface area contributed by atoms with Crippen LogP contribution in [-0.2, 0) is 17.8 Å². The summed E-state index contributed by atoms with van der Waals surface area (Å²) in [4.78, 5) is 16.2. The predicted molar refractivity (Wildman–Crippen MR) is 81.5 cm³/mol. The molecule has 2 aromatic rings. The molecule has 1 aromatic carbocycles. The van der Waals surface area contributed by atoms with E-state index in [4.69, 9.17) is 4.74 Å². The SMILES string of the molecule is CNCCc1cn(CC(=O)Nc2ccc(OC)cc2)cn1. The van der Waals surface area contributed by atoms with Gasteiger partial charge in [0.25, 0.3) is 0 Å². The first-order chi connectivity index (χ1) is 10.2. The molecule has 21 heavy (non-hydrogen) atoms. The van der Waals surface area contributed by atoms with E-state index in [1.165, 1.54) is 0 Å². The number of nitrogens with one attached hydrogen (secondary N) is 2. The molecular formula is C15H20N4O2. The molecule has 0 bridgehead atoms. The minimum Gasteiger partial charge on any atom is -0.497 e. The van der Waals surface area contributed by atoms with Crippen molar-refractivity contribution in [3.63, 3.8) is 0 Å². The summed E-state index contributed by atoms with van der Waals surface area (Å²) >= 11 is 0. The quantitative estimate of drug-likeness (QED) is 0.805. The average molecular weight is 288 g/mol. The van der Waals surface area contributed by atoms with Crippen molar-refractivity contribution in [3.8, 4) is 5.75 Å². The van der Waals surface area contributed by atoms with Crippen LogP contribution in [0.1, 0.15) is 5.69 Å². The highest BCUT2D eigenvalue weighted by molar-refractivity contribution is 5.90. The maximum absolute atomic E-state index is 12.0. The average Bonchev–Trinajstić information content (AvgIpc) is 2.93. The molecule has 1 amide bonds. The van der Waals surface area contributed by atoms with Gasteiger partial charge >= 0.3 is 0 Å². The number of carbonyl (C=O) groups is 1. The summed E-state index contributed by atoms with van der Waals surface area (Å²) in [7, 11) is 3.51. The van der Waals surface area contributed by atoms with Gasteiger partial charge in [0.15, 0.2) is 0 Å². The van der Waals surface area contributed by atoms with Gasteiger partial charge < -0.3 is 19.9 Å². The van der Waals surface area contributed by atoms with E-state index in [2.05, 4.69) is 15.6 Å².